The van der Waals surface area contributed by atoms with Crippen molar-refractivity contribution in [3.63, 3.8) is 0 Å². The van der Waals surface area contributed by atoms with Crippen molar-refractivity contribution in [3.05, 3.63) is 0 Å². The third-order valence-corrected chi connectivity index (χ3v) is 2.53. The molecule has 0 amide bonds. The molecule has 0 aliphatic rings. The molecule has 0 aromatic rings. The molecular formula is C5H11ClO2S. The van der Waals surface area contributed by atoms with E-state index in [9.17, 15) is 8.42 Å². The van der Waals surface area contributed by atoms with Crippen LogP contribution >= 0.6 is 10.7 Å². The molecule has 2 nitrogen and oxygen atoms in total. The van der Waals surface area contributed by atoms with Gasteiger partial charge >= 0.3 is 0 Å². The molecule has 0 bridgehead atoms. The standard InChI is InChI=1S/C5H11ClO2S/c1-3-5(2)4-9(6,7)8/h5H,3-4H2,1-2H3/t5-/m1/s1. The number of hydrogen-bond donors (Lipinski definition) is 0. The van der Waals surface area contributed by atoms with E-state index in [2.05, 4.69) is 0 Å². The summed E-state index contributed by atoms with van der Waals surface area (Å²) in [6.07, 6.45) is 0.853. The van der Waals surface area contributed by atoms with Crippen LogP contribution in [0.5, 0.6) is 0 Å². The molecule has 0 heterocycles. The lowest BCUT2D eigenvalue weighted by Gasteiger charge is -2.02. The number of rotatable bonds is 3. The molecule has 0 saturated carbocycles. The van der Waals surface area contributed by atoms with Gasteiger partial charge in [-0.05, 0) is 5.92 Å². The monoisotopic (exact) mass is 170 g/mol. The fourth-order valence-electron chi connectivity index (χ4n) is 0.458. The summed E-state index contributed by atoms with van der Waals surface area (Å²) in [4.78, 5) is 0. The van der Waals surface area contributed by atoms with Crippen LogP contribution in [-0.4, -0.2) is 14.2 Å². The van der Waals surface area contributed by atoms with Crippen LogP contribution in [0, 0.1) is 5.92 Å². The second-order valence-electron chi connectivity index (χ2n) is 2.22. The molecule has 56 valence electrons. The van der Waals surface area contributed by atoms with E-state index in [4.69, 9.17) is 10.7 Å². The quantitative estimate of drug-likeness (QED) is 0.603. The molecular weight excluding hydrogens is 160 g/mol. The van der Waals surface area contributed by atoms with E-state index < -0.39 is 9.05 Å². The first-order valence-corrected chi connectivity index (χ1v) is 5.36. The van der Waals surface area contributed by atoms with Gasteiger partial charge in [0.2, 0.25) is 9.05 Å². The normalized spacial score (nSPS) is 15.4. The first-order chi connectivity index (χ1) is 3.95. The van der Waals surface area contributed by atoms with E-state index >= 15 is 0 Å². The van der Waals surface area contributed by atoms with E-state index in [0.29, 0.717) is 0 Å². The van der Waals surface area contributed by atoms with Gasteiger partial charge in [-0.2, -0.15) is 0 Å². The van der Waals surface area contributed by atoms with E-state index in [-0.39, 0.29) is 11.7 Å². The molecule has 0 radical (unpaired) electrons. The summed E-state index contributed by atoms with van der Waals surface area (Å²) in [5.41, 5.74) is 0. The Morgan fingerprint density at radius 3 is 2.11 bits per heavy atom. The number of halogens is 1. The van der Waals surface area contributed by atoms with Gasteiger partial charge in [-0.1, -0.05) is 20.3 Å². The van der Waals surface area contributed by atoms with Crippen molar-refractivity contribution in [3.8, 4) is 0 Å². The lowest BCUT2D eigenvalue weighted by atomic mass is 10.2. The number of hydrogen-bond acceptors (Lipinski definition) is 2. The van der Waals surface area contributed by atoms with E-state index in [0.717, 1.165) is 6.42 Å². The van der Waals surface area contributed by atoms with Crippen LogP contribution in [-0.2, 0) is 9.05 Å². The van der Waals surface area contributed by atoms with Gasteiger partial charge in [-0.25, -0.2) is 8.42 Å². The van der Waals surface area contributed by atoms with Gasteiger partial charge in [0.1, 0.15) is 0 Å². The Morgan fingerprint density at radius 2 is 2.00 bits per heavy atom. The SMILES string of the molecule is CC[C@@H](C)CS(=O)(=O)Cl. The fraction of sp³-hybridized carbons (Fsp3) is 1.00. The van der Waals surface area contributed by atoms with E-state index in [1.54, 1.807) is 0 Å². The summed E-state index contributed by atoms with van der Waals surface area (Å²) in [5.74, 6) is 0.262. The van der Waals surface area contributed by atoms with Gasteiger partial charge in [0.15, 0.2) is 0 Å². The van der Waals surface area contributed by atoms with Crippen molar-refractivity contribution in [1.82, 2.24) is 0 Å². The van der Waals surface area contributed by atoms with Crippen LogP contribution < -0.4 is 0 Å². The highest BCUT2D eigenvalue weighted by Gasteiger charge is 2.09. The second kappa shape index (κ2) is 3.42. The molecule has 0 aliphatic carbocycles. The maximum Gasteiger partial charge on any atom is 0.232 e. The Balaban J connectivity index is 3.75. The molecule has 0 rings (SSSR count). The van der Waals surface area contributed by atoms with Crippen LogP contribution in [0.4, 0.5) is 0 Å². The highest BCUT2D eigenvalue weighted by Crippen LogP contribution is 2.07. The van der Waals surface area contributed by atoms with Crippen LogP contribution in [0.1, 0.15) is 20.3 Å². The summed E-state index contributed by atoms with van der Waals surface area (Å²) in [7, 11) is 1.72. The van der Waals surface area contributed by atoms with Crippen LogP contribution in [0.15, 0.2) is 0 Å². The molecule has 0 saturated heterocycles. The zero-order valence-corrected chi connectivity index (χ0v) is 7.17. The Kier molecular flexibility index (Phi) is 3.51. The average molecular weight is 171 g/mol. The predicted octanol–water partition coefficient (Wildman–Crippen LogP) is 1.60. The third-order valence-electron chi connectivity index (χ3n) is 1.18. The molecule has 9 heavy (non-hydrogen) atoms. The summed E-state index contributed by atoms with van der Waals surface area (Å²) in [5, 5.41) is 0. The lowest BCUT2D eigenvalue weighted by Crippen LogP contribution is -2.06. The topological polar surface area (TPSA) is 34.1 Å². The van der Waals surface area contributed by atoms with E-state index in [1.807, 2.05) is 13.8 Å². The van der Waals surface area contributed by atoms with Gasteiger partial charge in [0.25, 0.3) is 0 Å². The molecule has 1 atom stereocenters. The Hall–Kier alpha value is 0.240. The molecule has 4 heteroatoms. The van der Waals surface area contributed by atoms with E-state index in [1.165, 1.54) is 0 Å². The Morgan fingerprint density at radius 1 is 1.56 bits per heavy atom. The van der Waals surface area contributed by atoms with Gasteiger partial charge < -0.3 is 0 Å². The largest absolute Gasteiger partial charge is 0.232 e. The summed E-state index contributed by atoms with van der Waals surface area (Å²) >= 11 is 0. The first kappa shape index (κ1) is 9.24. The summed E-state index contributed by atoms with van der Waals surface area (Å²) < 4.78 is 20.7. The van der Waals surface area contributed by atoms with Crippen LogP contribution in [0.25, 0.3) is 0 Å². The van der Waals surface area contributed by atoms with Crippen molar-refractivity contribution in [2.45, 2.75) is 20.3 Å². The Labute approximate surface area is 60.6 Å². The molecule has 0 spiro atoms. The van der Waals surface area contributed by atoms with Crippen molar-refractivity contribution in [1.29, 1.82) is 0 Å². The lowest BCUT2D eigenvalue weighted by molar-refractivity contribution is 0.576. The third kappa shape index (κ3) is 6.12. The fourth-order valence-corrected chi connectivity index (χ4v) is 2.02. The average Bonchev–Trinajstić information content (AvgIpc) is 1.62. The van der Waals surface area contributed by atoms with Crippen LogP contribution in [0.3, 0.4) is 0 Å². The van der Waals surface area contributed by atoms with Crippen molar-refractivity contribution >= 4 is 19.7 Å². The van der Waals surface area contributed by atoms with Crippen molar-refractivity contribution in [2.24, 2.45) is 5.92 Å². The predicted molar refractivity (Wildman–Crippen MR) is 39.1 cm³/mol. The van der Waals surface area contributed by atoms with Crippen molar-refractivity contribution in [2.75, 3.05) is 5.75 Å². The van der Waals surface area contributed by atoms with Gasteiger partial charge in [-0.3, -0.25) is 0 Å². The van der Waals surface area contributed by atoms with Crippen molar-refractivity contribution < 1.29 is 8.42 Å². The van der Waals surface area contributed by atoms with Gasteiger partial charge in [-0.15, -0.1) is 0 Å². The maximum absolute atomic E-state index is 10.4. The minimum absolute atomic E-state index is 0.0883. The molecule has 0 N–H and O–H groups in total. The molecule has 0 aliphatic heterocycles. The minimum atomic E-state index is -3.26. The molecule has 0 aromatic heterocycles. The zero-order valence-electron chi connectivity index (χ0n) is 5.59. The first-order valence-electron chi connectivity index (χ1n) is 2.88. The van der Waals surface area contributed by atoms with Gasteiger partial charge in [0.05, 0.1) is 5.75 Å². The minimum Gasteiger partial charge on any atom is -0.212 e. The molecule has 0 fully saturated rings. The van der Waals surface area contributed by atoms with Crippen LogP contribution in [0.2, 0.25) is 0 Å². The molecule has 0 unspecified atom stereocenters. The molecule has 0 aromatic carbocycles. The summed E-state index contributed by atoms with van der Waals surface area (Å²) in [6, 6.07) is 0. The second-order valence-corrected chi connectivity index (χ2v) is 5.04. The highest BCUT2D eigenvalue weighted by atomic mass is 35.7. The smallest absolute Gasteiger partial charge is 0.212 e. The zero-order chi connectivity index (χ0) is 7.49. The highest BCUT2D eigenvalue weighted by molar-refractivity contribution is 8.13. The maximum atomic E-state index is 10.4. The Bertz CT molecular complexity index is 162. The summed E-state index contributed by atoms with van der Waals surface area (Å²) in [6.45, 7) is 3.80. The van der Waals surface area contributed by atoms with Gasteiger partial charge in [0, 0.05) is 10.7 Å².